The first-order valence-electron chi connectivity index (χ1n) is 11.9. The first kappa shape index (κ1) is 24.4. The van der Waals surface area contributed by atoms with Gasteiger partial charge in [-0.1, -0.05) is 13.8 Å². The number of likely N-dealkylation sites (tertiary alicyclic amines) is 2. The number of carbonyl (C=O) groups excluding carboxylic acids is 2. The van der Waals surface area contributed by atoms with Crippen molar-refractivity contribution in [3.8, 4) is 11.5 Å². The summed E-state index contributed by atoms with van der Waals surface area (Å²) in [6.45, 7) is 9.01. The molecule has 178 valence electrons. The van der Waals surface area contributed by atoms with Gasteiger partial charge in [0.15, 0.2) is 0 Å². The second-order valence-electron chi connectivity index (χ2n) is 9.44. The van der Waals surface area contributed by atoms with Crippen LogP contribution in [0.3, 0.4) is 0 Å². The fraction of sp³-hybridized carbons (Fsp3) is 0.680. The van der Waals surface area contributed by atoms with Crippen LogP contribution in [0.4, 0.5) is 0 Å². The van der Waals surface area contributed by atoms with E-state index >= 15 is 0 Å². The number of nitrogens with one attached hydrogen (secondary N) is 1. The lowest BCUT2D eigenvalue weighted by molar-refractivity contribution is -0.134. The molecule has 7 nitrogen and oxygen atoms in total. The van der Waals surface area contributed by atoms with E-state index in [9.17, 15) is 9.59 Å². The zero-order valence-corrected chi connectivity index (χ0v) is 20.2. The Morgan fingerprint density at radius 3 is 2.41 bits per heavy atom. The van der Waals surface area contributed by atoms with E-state index in [2.05, 4.69) is 31.0 Å². The summed E-state index contributed by atoms with van der Waals surface area (Å²) >= 11 is 0. The summed E-state index contributed by atoms with van der Waals surface area (Å²) in [5.41, 5.74) is 1.01. The summed E-state index contributed by atoms with van der Waals surface area (Å²) in [5.74, 6) is 2.33. The van der Waals surface area contributed by atoms with Gasteiger partial charge in [0.2, 0.25) is 11.8 Å². The number of amides is 2. The molecule has 1 N–H and O–H groups in total. The molecule has 2 aliphatic rings. The maximum atomic E-state index is 13.2. The Morgan fingerprint density at radius 2 is 1.78 bits per heavy atom. The average molecular weight is 446 g/mol. The van der Waals surface area contributed by atoms with Gasteiger partial charge in [0, 0.05) is 24.1 Å². The van der Waals surface area contributed by atoms with Crippen molar-refractivity contribution in [2.75, 3.05) is 40.4 Å². The van der Waals surface area contributed by atoms with Crippen molar-refractivity contribution in [2.45, 2.75) is 58.5 Å². The van der Waals surface area contributed by atoms with Crippen LogP contribution in [0.5, 0.6) is 11.5 Å². The molecule has 2 atom stereocenters. The van der Waals surface area contributed by atoms with Gasteiger partial charge in [-0.15, -0.1) is 0 Å². The molecule has 2 amide bonds. The Labute approximate surface area is 192 Å². The summed E-state index contributed by atoms with van der Waals surface area (Å²) in [4.78, 5) is 29.9. The SMILES string of the molecule is COc1ccc(OC)c(C2CCCN2C(=O)CN2CCC(C(=O)NC(C)C(C)C)CC2)c1. The quantitative estimate of drug-likeness (QED) is 0.665. The first-order chi connectivity index (χ1) is 15.3. The smallest absolute Gasteiger partial charge is 0.237 e. The molecule has 0 saturated carbocycles. The summed E-state index contributed by atoms with van der Waals surface area (Å²) in [6, 6.07) is 5.96. The lowest BCUT2D eigenvalue weighted by atomic mass is 9.94. The van der Waals surface area contributed by atoms with Gasteiger partial charge in [0.25, 0.3) is 0 Å². The van der Waals surface area contributed by atoms with E-state index in [-0.39, 0.29) is 29.8 Å². The van der Waals surface area contributed by atoms with Crippen molar-refractivity contribution in [1.29, 1.82) is 0 Å². The van der Waals surface area contributed by atoms with E-state index in [1.165, 1.54) is 0 Å². The highest BCUT2D eigenvalue weighted by atomic mass is 16.5. The predicted molar refractivity (Wildman–Crippen MR) is 125 cm³/mol. The Balaban J connectivity index is 1.57. The minimum Gasteiger partial charge on any atom is -0.497 e. The highest BCUT2D eigenvalue weighted by Crippen LogP contribution is 2.39. The zero-order chi connectivity index (χ0) is 23.3. The molecule has 0 aliphatic carbocycles. The second-order valence-corrected chi connectivity index (χ2v) is 9.44. The Kier molecular flexibility index (Phi) is 8.40. The van der Waals surface area contributed by atoms with E-state index in [1.807, 2.05) is 23.1 Å². The van der Waals surface area contributed by atoms with Crippen molar-refractivity contribution in [1.82, 2.24) is 15.1 Å². The number of ether oxygens (including phenoxy) is 2. The lowest BCUT2D eigenvalue weighted by Crippen LogP contribution is -2.47. The van der Waals surface area contributed by atoms with E-state index in [1.54, 1.807) is 14.2 Å². The van der Waals surface area contributed by atoms with Crippen molar-refractivity contribution < 1.29 is 19.1 Å². The second kappa shape index (κ2) is 11.0. The van der Waals surface area contributed by atoms with Gasteiger partial charge in [-0.2, -0.15) is 0 Å². The largest absolute Gasteiger partial charge is 0.497 e. The molecule has 7 heteroatoms. The van der Waals surface area contributed by atoms with Crippen LogP contribution in [-0.2, 0) is 9.59 Å². The number of carbonyl (C=O) groups is 2. The topological polar surface area (TPSA) is 71.1 Å². The first-order valence-corrected chi connectivity index (χ1v) is 11.9. The minimum absolute atomic E-state index is 0.00777. The van der Waals surface area contributed by atoms with Crippen LogP contribution in [-0.4, -0.2) is 68.1 Å². The van der Waals surface area contributed by atoms with Gasteiger partial charge < -0.3 is 19.7 Å². The third-order valence-electron chi connectivity index (χ3n) is 7.06. The molecule has 2 heterocycles. The molecule has 0 radical (unpaired) electrons. The average Bonchev–Trinajstić information content (AvgIpc) is 3.29. The van der Waals surface area contributed by atoms with Crippen LogP contribution in [0.2, 0.25) is 0 Å². The fourth-order valence-electron chi connectivity index (χ4n) is 4.63. The molecule has 2 aliphatic heterocycles. The van der Waals surface area contributed by atoms with Crippen LogP contribution < -0.4 is 14.8 Å². The molecule has 1 aromatic carbocycles. The molecular weight excluding hydrogens is 406 g/mol. The molecular formula is C25H39N3O4. The number of hydrogen-bond acceptors (Lipinski definition) is 5. The Hall–Kier alpha value is -2.28. The highest BCUT2D eigenvalue weighted by molar-refractivity contribution is 5.80. The van der Waals surface area contributed by atoms with Crippen molar-refractivity contribution >= 4 is 11.8 Å². The monoisotopic (exact) mass is 445 g/mol. The number of rotatable bonds is 8. The van der Waals surface area contributed by atoms with E-state index in [4.69, 9.17) is 9.47 Å². The van der Waals surface area contributed by atoms with Crippen LogP contribution >= 0.6 is 0 Å². The zero-order valence-electron chi connectivity index (χ0n) is 20.2. The highest BCUT2D eigenvalue weighted by Gasteiger charge is 2.34. The molecule has 1 aromatic rings. The standard InChI is InChI=1S/C25H39N3O4/c1-17(2)18(3)26-25(30)19-10-13-27(14-11-19)16-24(29)28-12-6-7-22(28)21-15-20(31-4)8-9-23(21)32-5/h8-9,15,17-19,22H,6-7,10-14,16H2,1-5H3,(H,26,30). The van der Waals surface area contributed by atoms with E-state index in [0.717, 1.165) is 62.4 Å². The fourth-order valence-corrected chi connectivity index (χ4v) is 4.63. The van der Waals surface area contributed by atoms with Crippen LogP contribution in [0.1, 0.15) is 58.1 Å². The van der Waals surface area contributed by atoms with Crippen molar-refractivity contribution in [3.05, 3.63) is 23.8 Å². The van der Waals surface area contributed by atoms with Gasteiger partial charge in [0.05, 0.1) is 26.8 Å². The Bertz CT molecular complexity index is 789. The summed E-state index contributed by atoms with van der Waals surface area (Å²) < 4.78 is 11.0. The van der Waals surface area contributed by atoms with E-state index in [0.29, 0.717) is 12.5 Å². The van der Waals surface area contributed by atoms with Crippen molar-refractivity contribution in [3.63, 3.8) is 0 Å². The van der Waals surface area contributed by atoms with Gasteiger partial charge >= 0.3 is 0 Å². The number of methoxy groups -OCH3 is 2. The number of hydrogen-bond donors (Lipinski definition) is 1. The number of nitrogens with zero attached hydrogens (tertiary/aromatic N) is 2. The van der Waals surface area contributed by atoms with Gasteiger partial charge in [-0.3, -0.25) is 14.5 Å². The molecule has 0 aromatic heterocycles. The summed E-state index contributed by atoms with van der Waals surface area (Å²) in [5, 5.41) is 3.14. The van der Waals surface area contributed by atoms with Crippen LogP contribution in [0.15, 0.2) is 18.2 Å². The molecule has 32 heavy (non-hydrogen) atoms. The minimum atomic E-state index is 0.00777. The van der Waals surface area contributed by atoms with Crippen molar-refractivity contribution in [2.24, 2.45) is 11.8 Å². The lowest BCUT2D eigenvalue weighted by Gasteiger charge is -2.34. The molecule has 2 unspecified atom stereocenters. The Morgan fingerprint density at radius 1 is 1.06 bits per heavy atom. The van der Waals surface area contributed by atoms with Gasteiger partial charge in [0.1, 0.15) is 11.5 Å². The molecule has 2 saturated heterocycles. The normalized spacial score (nSPS) is 20.9. The maximum absolute atomic E-state index is 13.2. The number of benzene rings is 1. The molecule has 2 fully saturated rings. The maximum Gasteiger partial charge on any atom is 0.237 e. The third kappa shape index (κ3) is 5.74. The summed E-state index contributed by atoms with van der Waals surface area (Å²) in [6.07, 6.45) is 3.51. The predicted octanol–water partition coefficient (Wildman–Crippen LogP) is 3.24. The van der Waals surface area contributed by atoms with Gasteiger partial charge in [-0.25, -0.2) is 0 Å². The van der Waals surface area contributed by atoms with Crippen LogP contribution in [0.25, 0.3) is 0 Å². The van der Waals surface area contributed by atoms with Crippen LogP contribution in [0, 0.1) is 11.8 Å². The number of piperidine rings is 1. The van der Waals surface area contributed by atoms with E-state index < -0.39 is 0 Å². The van der Waals surface area contributed by atoms with Gasteiger partial charge in [-0.05, 0) is 69.8 Å². The molecule has 0 spiro atoms. The molecule has 3 rings (SSSR count). The summed E-state index contributed by atoms with van der Waals surface area (Å²) in [7, 11) is 3.31. The molecule has 0 bridgehead atoms. The third-order valence-corrected chi connectivity index (χ3v) is 7.06.